The van der Waals surface area contributed by atoms with Gasteiger partial charge in [-0.3, -0.25) is 0 Å². The van der Waals surface area contributed by atoms with Crippen molar-refractivity contribution in [2.45, 2.75) is 26.2 Å². The molecule has 0 aromatic carbocycles. The lowest BCUT2D eigenvalue weighted by Crippen LogP contribution is -1.85. The molecule has 0 radical (unpaired) electrons. The average Bonchev–Trinajstić information content (AvgIpc) is 1.96. The van der Waals surface area contributed by atoms with Gasteiger partial charge in [0.05, 0.1) is 0 Å². The second-order valence-corrected chi connectivity index (χ2v) is 2.24. The second-order valence-electron chi connectivity index (χ2n) is 2.24. The molecule has 0 amide bonds. The van der Waals surface area contributed by atoms with Crippen LogP contribution >= 0.6 is 0 Å². The lowest BCUT2D eigenvalue weighted by molar-refractivity contribution is -0.131. The van der Waals surface area contributed by atoms with Gasteiger partial charge in [0.15, 0.2) is 0 Å². The van der Waals surface area contributed by atoms with Crippen molar-refractivity contribution in [2.24, 2.45) is 0 Å². The number of unbranched alkanes of at least 4 members (excludes halogenated alkanes) is 2. The predicted octanol–water partition coefficient (Wildman–Crippen LogP) is 2.37. The van der Waals surface area contributed by atoms with Crippen molar-refractivity contribution in [1.82, 2.24) is 0 Å². The molecule has 0 unspecified atom stereocenters. The standard InChI is InChI=1S/C9H14O2/c1-2-3-4-5-6-7-8-9(10)11/h2-3,7-8H,4-6H2,1H3,(H,10,11)/b3-2+,8-7?. The van der Waals surface area contributed by atoms with Crippen molar-refractivity contribution in [3.8, 4) is 0 Å². The highest BCUT2D eigenvalue weighted by Gasteiger charge is 1.84. The molecule has 0 aliphatic heterocycles. The molecular weight excluding hydrogens is 140 g/mol. The van der Waals surface area contributed by atoms with E-state index in [4.69, 9.17) is 5.11 Å². The summed E-state index contributed by atoms with van der Waals surface area (Å²) in [6.45, 7) is 1.98. The van der Waals surface area contributed by atoms with Gasteiger partial charge in [-0.05, 0) is 26.2 Å². The van der Waals surface area contributed by atoms with Gasteiger partial charge in [-0.15, -0.1) is 0 Å². The zero-order valence-corrected chi connectivity index (χ0v) is 6.79. The van der Waals surface area contributed by atoms with Gasteiger partial charge >= 0.3 is 5.97 Å². The molecule has 62 valence electrons. The fraction of sp³-hybridized carbons (Fsp3) is 0.444. The third-order valence-corrected chi connectivity index (χ3v) is 1.24. The van der Waals surface area contributed by atoms with Gasteiger partial charge in [-0.2, -0.15) is 0 Å². The minimum Gasteiger partial charge on any atom is -0.478 e. The Morgan fingerprint density at radius 1 is 1.36 bits per heavy atom. The smallest absolute Gasteiger partial charge is 0.327 e. The fourth-order valence-corrected chi connectivity index (χ4v) is 0.704. The number of carboxylic acid groups (broad SMARTS) is 1. The van der Waals surface area contributed by atoms with Gasteiger partial charge in [-0.25, -0.2) is 4.79 Å². The maximum absolute atomic E-state index is 9.99. The van der Waals surface area contributed by atoms with Crippen LogP contribution in [0.25, 0.3) is 0 Å². The molecule has 0 aliphatic rings. The zero-order chi connectivity index (χ0) is 8.53. The Morgan fingerprint density at radius 3 is 2.55 bits per heavy atom. The first-order valence-electron chi connectivity index (χ1n) is 3.78. The first-order chi connectivity index (χ1) is 5.27. The third kappa shape index (κ3) is 8.95. The summed E-state index contributed by atoms with van der Waals surface area (Å²) in [6, 6.07) is 0. The molecular formula is C9H14O2. The van der Waals surface area contributed by atoms with E-state index in [0.29, 0.717) is 0 Å². The first kappa shape index (κ1) is 9.95. The van der Waals surface area contributed by atoms with Crippen LogP contribution in [0.5, 0.6) is 0 Å². The number of carbonyl (C=O) groups is 1. The average molecular weight is 154 g/mol. The minimum absolute atomic E-state index is 0.844. The van der Waals surface area contributed by atoms with Crippen molar-refractivity contribution in [2.75, 3.05) is 0 Å². The molecule has 0 bridgehead atoms. The number of hydrogen-bond donors (Lipinski definition) is 1. The van der Waals surface area contributed by atoms with E-state index >= 15 is 0 Å². The quantitative estimate of drug-likeness (QED) is 0.375. The van der Waals surface area contributed by atoms with Crippen LogP contribution in [-0.2, 0) is 4.79 Å². The van der Waals surface area contributed by atoms with E-state index < -0.39 is 5.97 Å². The van der Waals surface area contributed by atoms with E-state index in [-0.39, 0.29) is 0 Å². The minimum atomic E-state index is -0.865. The van der Waals surface area contributed by atoms with Gasteiger partial charge in [0.25, 0.3) is 0 Å². The fourth-order valence-electron chi connectivity index (χ4n) is 0.704. The molecule has 0 fully saturated rings. The molecule has 11 heavy (non-hydrogen) atoms. The molecule has 2 heteroatoms. The molecule has 1 N–H and O–H groups in total. The molecule has 0 saturated heterocycles. The Bertz CT molecular complexity index is 157. The number of aliphatic carboxylic acids is 1. The summed E-state index contributed by atoms with van der Waals surface area (Å²) in [5, 5.41) is 8.22. The van der Waals surface area contributed by atoms with Crippen molar-refractivity contribution < 1.29 is 9.90 Å². The maximum atomic E-state index is 9.99. The highest BCUT2D eigenvalue weighted by molar-refractivity contribution is 5.79. The lowest BCUT2D eigenvalue weighted by atomic mass is 10.2. The Balaban J connectivity index is 3.20. The SMILES string of the molecule is C/C=C/CCCC=CC(=O)O. The summed E-state index contributed by atoms with van der Waals surface area (Å²) in [4.78, 5) is 9.99. The van der Waals surface area contributed by atoms with E-state index in [1.54, 1.807) is 6.08 Å². The molecule has 0 aromatic heterocycles. The molecule has 0 aromatic rings. The second kappa shape index (κ2) is 7.06. The van der Waals surface area contributed by atoms with Crippen LogP contribution in [-0.4, -0.2) is 11.1 Å². The summed E-state index contributed by atoms with van der Waals surface area (Å²) in [7, 11) is 0. The summed E-state index contributed by atoms with van der Waals surface area (Å²) < 4.78 is 0. The zero-order valence-electron chi connectivity index (χ0n) is 6.79. The Morgan fingerprint density at radius 2 is 2.00 bits per heavy atom. The Kier molecular flexibility index (Phi) is 6.39. The largest absolute Gasteiger partial charge is 0.478 e. The van der Waals surface area contributed by atoms with Gasteiger partial charge < -0.3 is 5.11 Å². The molecule has 0 aliphatic carbocycles. The van der Waals surface area contributed by atoms with Gasteiger partial charge in [0.2, 0.25) is 0 Å². The van der Waals surface area contributed by atoms with Gasteiger partial charge in [-0.1, -0.05) is 18.2 Å². The van der Waals surface area contributed by atoms with Crippen LogP contribution in [0, 0.1) is 0 Å². The highest BCUT2D eigenvalue weighted by atomic mass is 16.4. The van der Waals surface area contributed by atoms with E-state index in [9.17, 15) is 4.79 Å². The topological polar surface area (TPSA) is 37.3 Å². The first-order valence-corrected chi connectivity index (χ1v) is 3.78. The predicted molar refractivity (Wildman–Crippen MR) is 45.4 cm³/mol. The van der Waals surface area contributed by atoms with Crippen LogP contribution in [0.2, 0.25) is 0 Å². The van der Waals surface area contributed by atoms with E-state index in [1.165, 1.54) is 6.08 Å². The van der Waals surface area contributed by atoms with Gasteiger partial charge in [0, 0.05) is 6.08 Å². The van der Waals surface area contributed by atoms with Crippen LogP contribution in [0.1, 0.15) is 26.2 Å². The number of rotatable bonds is 5. The third-order valence-electron chi connectivity index (χ3n) is 1.24. The lowest BCUT2D eigenvalue weighted by Gasteiger charge is -1.87. The summed E-state index contributed by atoms with van der Waals surface area (Å²) in [5.74, 6) is -0.865. The summed E-state index contributed by atoms with van der Waals surface area (Å²) in [6.07, 6.45) is 9.85. The highest BCUT2D eigenvalue weighted by Crippen LogP contribution is 1.97. The van der Waals surface area contributed by atoms with Gasteiger partial charge in [0.1, 0.15) is 0 Å². The number of allylic oxidation sites excluding steroid dienone is 3. The molecule has 0 saturated carbocycles. The number of carboxylic acids is 1. The number of hydrogen-bond acceptors (Lipinski definition) is 1. The van der Waals surface area contributed by atoms with Crippen molar-refractivity contribution >= 4 is 5.97 Å². The van der Waals surface area contributed by atoms with Crippen molar-refractivity contribution in [1.29, 1.82) is 0 Å². The molecule has 2 nitrogen and oxygen atoms in total. The van der Waals surface area contributed by atoms with Crippen LogP contribution < -0.4 is 0 Å². The van der Waals surface area contributed by atoms with E-state index in [1.807, 2.05) is 13.0 Å². The monoisotopic (exact) mass is 154 g/mol. The van der Waals surface area contributed by atoms with Crippen LogP contribution in [0.4, 0.5) is 0 Å². The summed E-state index contributed by atoms with van der Waals surface area (Å²) in [5.41, 5.74) is 0. The maximum Gasteiger partial charge on any atom is 0.327 e. The van der Waals surface area contributed by atoms with E-state index in [0.717, 1.165) is 19.3 Å². The Hall–Kier alpha value is -1.05. The van der Waals surface area contributed by atoms with E-state index in [2.05, 4.69) is 6.08 Å². The van der Waals surface area contributed by atoms with Crippen molar-refractivity contribution in [3.63, 3.8) is 0 Å². The molecule has 0 spiro atoms. The Labute approximate surface area is 67.2 Å². The van der Waals surface area contributed by atoms with Crippen molar-refractivity contribution in [3.05, 3.63) is 24.3 Å². The molecule has 0 atom stereocenters. The molecule has 0 heterocycles. The normalized spacial score (nSPS) is 11.4. The summed E-state index contributed by atoms with van der Waals surface area (Å²) >= 11 is 0. The van der Waals surface area contributed by atoms with Crippen LogP contribution in [0.3, 0.4) is 0 Å². The van der Waals surface area contributed by atoms with Crippen LogP contribution in [0.15, 0.2) is 24.3 Å². The molecule has 0 rings (SSSR count).